The second-order valence-electron chi connectivity index (χ2n) is 19.2. The van der Waals surface area contributed by atoms with Crippen molar-refractivity contribution < 1.29 is 32.7 Å². The van der Waals surface area contributed by atoms with Crippen LogP contribution < -0.4 is 0 Å². The van der Waals surface area contributed by atoms with Gasteiger partial charge in [0, 0.05) is 32.7 Å². The fraction of sp³-hybridized carbons (Fsp3) is 0.978. The molecule has 0 spiro atoms. The fourth-order valence-corrected chi connectivity index (χ4v) is 10.6. The standard InChI is InChI=1S/C15H28.C11H21.C9H16.C8H16.C3H8.Y/c1-12-3-7-14(8-4-12)11-15-9-5-13(2)6-10-15;1-5-11(4)7-9(2)6-10(3)8-11;1-2-8-5-7-3-4-9(8)6-7;1-7-3-5-8(2)6-4-7;1-3-2;/h12-15H,3-11H2,1-2H3;9H,5-8H2,1-4H3;7-9H,2-6H2,1H3;7-8H,3-6H2,1-2H3;3H2,1-2H3;/q;-1;;;;. The molecule has 0 aromatic rings. The van der Waals surface area contributed by atoms with Crippen LogP contribution in [0.4, 0.5) is 0 Å². The first-order valence-corrected chi connectivity index (χ1v) is 21.7. The summed E-state index contributed by atoms with van der Waals surface area (Å²) in [5, 5.41) is 0. The number of hydrogen-bond acceptors (Lipinski definition) is 0. The average Bonchev–Trinajstić information content (AvgIpc) is 3.66. The minimum Gasteiger partial charge on any atom is -0.316 e. The summed E-state index contributed by atoms with van der Waals surface area (Å²) in [7, 11) is 0. The van der Waals surface area contributed by atoms with Gasteiger partial charge in [-0.05, 0) is 78.9 Å². The summed E-state index contributed by atoms with van der Waals surface area (Å²) in [5.41, 5.74) is 0.627. The predicted octanol–water partition coefficient (Wildman–Crippen LogP) is 15.9. The first-order valence-electron chi connectivity index (χ1n) is 21.7. The van der Waals surface area contributed by atoms with E-state index in [-0.39, 0.29) is 32.7 Å². The molecule has 0 heterocycles. The van der Waals surface area contributed by atoms with Crippen LogP contribution >= 0.6 is 0 Å². The summed E-state index contributed by atoms with van der Waals surface area (Å²) >= 11 is 0. The molecule has 0 amide bonds. The zero-order valence-electron chi connectivity index (χ0n) is 34.6. The molecule has 6 rings (SSSR count). The molecule has 0 aromatic heterocycles. The summed E-state index contributed by atoms with van der Waals surface area (Å²) < 4.78 is 0. The molecule has 1 heteroatoms. The molecule has 277 valence electrons. The van der Waals surface area contributed by atoms with Gasteiger partial charge in [-0.3, -0.25) is 0 Å². The van der Waals surface area contributed by atoms with Gasteiger partial charge in [0.2, 0.25) is 0 Å². The van der Waals surface area contributed by atoms with Crippen molar-refractivity contribution in [1.29, 1.82) is 0 Å². The Bertz CT molecular complexity index is 679. The summed E-state index contributed by atoms with van der Waals surface area (Å²) in [6, 6.07) is 0. The van der Waals surface area contributed by atoms with Gasteiger partial charge >= 0.3 is 0 Å². The maximum atomic E-state index is 2.44. The van der Waals surface area contributed by atoms with Crippen LogP contribution in [-0.2, 0) is 32.7 Å². The molecule has 6 saturated carbocycles. The largest absolute Gasteiger partial charge is 0.316 e. The van der Waals surface area contributed by atoms with E-state index in [1.165, 1.54) is 116 Å². The normalized spacial score (nSPS) is 39.6. The monoisotopic (exact) mass is 731 g/mol. The Balaban J connectivity index is 0.000000310. The smallest absolute Gasteiger partial charge is 0 e. The van der Waals surface area contributed by atoms with E-state index in [0.717, 1.165) is 59.2 Å². The molecule has 6 fully saturated rings. The van der Waals surface area contributed by atoms with E-state index in [0.29, 0.717) is 5.41 Å². The third-order valence-corrected chi connectivity index (χ3v) is 13.8. The van der Waals surface area contributed by atoms with Gasteiger partial charge in [-0.1, -0.05) is 190 Å². The van der Waals surface area contributed by atoms with Crippen molar-refractivity contribution in [1.82, 2.24) is 0 Å². The van der Waals surface area contributed by atoms with Gasteiger partial charge in [0.15, 0.2) is 0 Å². The summed E-state index contributed by atoms with van der Waals surface area (Å²) in [4.78, 5) is 0. The van der Waals surface area contributed by atoms with Gasteiger partial charge in [-0.2, -0.15) is 19.8 Å². The van der Waals surface area contributed by atoms with E-state index < -0.39 is 0 Å². The number of fused-ring (bicyclic) bond motifs is 2. The van der Waals surface area contributed by atoms with Crippen LogP contribution in [0.2, 0.25) is 0 Å². The Morgan fingerprint density at radius 3 is 1.30 bits per heavy atom. The third-order valence-electron chi connectivity index (χ3n) is 13.8. The maximum Gasteiger partial charge on any atom is 0 e. The van der Waals surface area contributed by atoms with Gasteiger partial charge in [-0.25, -0.2) is 0 Å². The van der Waals surface area contributed by atoms with Crippen LogP contribution in [0.25, 0.3) is 0 Å². The van der Waals surface area contributed by atoms with Crippen molar-refractivity contribution in [3.63, 3.8) is 0 Å². The van der Waals surface area contributed by atoms with Gasteiger partial charge in [0.05, 0.1) is 0 Å². The zero-order valence-corrected chi connectivity index (χ0v) is 37.5. The molecule has 0 aromatic carbocycles. The van der Waals surface area contributed by atoms with E-state index in [1.54, 1.807) is 38.0 Å². The Hall–Kier alpha value is 1.10. The van der Waals surface area contributed by atoms with Crippen LogP contribution in [0.3, 0.4) is 0 Å². The molecule has 47 heavy (non-hydrogen) atoms. The minimum atomic E-state index is 0. The van der Waals surface area contributed by atoms with Gasteiger partial charge in [0.1, 0.15) is 0 Å². The molecular weight excluding hydrogens is 641 g/mol. The van der Waals surface area contributed by atoms with Crippen LogP contribution in [0.1, 0.15) is 224 Å². The Labute approximate surface area is 325 Å². The molecule has 0 aliphatic heterocycles. The van der Waals surface area contributed by atoms with Gasteiger partial charge < -0.3 is 5.92 Å². The topological polar surface area (TPSA) is 0 Å². The van der Waals surface area contributed by atoms with Crippen LogP contribution in [0.15, 0.2) is 0 Å². The SMILES string of the molecule is CC1CCC(C)CC1.CC1CCC(CC2CCC(C)CC2)CC1.CCC.CCC1(C)C[C-](C)CC(C)C1.CCC1CC2CCC1C2.[Y]. The van der Waals surface area contributed by atoms with Crippen molar-refractivity contribution in [3.05, 3.63) is 5.92 Å². The number of hydrogen-bond donors (Lipinski definition) is 0. The second kappa shape index (κ2) is 25.1. The molecule has 6 aliphatic carbocycles. The first kappa shape index (κ1) is 46.1. The zero-order chi connectivity index (χ0) is 34.1. The summed E-state index contributed by atoms with van der Waals surface area (Å²) in [6.07, 6.45) is 34.1. The van der Waals surface area contributed by atoms with E-state index in [4.69, 9.17) is 0 Å². The minimum absolute atomic E-state index is 0. The van der Waals surface area contributed by atoms with Crippen molar-refractivity contribution >= 4 is 0 Å². The third kappa shape index (κ3) is 19.0. The van der Waals surface area contributed by atoms with Crippen LogP contribution in [0, 0.1) is 70.5 Å². The molecular formula is C46H89Y-. The Kier molecular flexibility index (Phi) is 24.7. The molecule has 5 unspecified atom stereocenters. The Morgan fingerprint density at radius 2 is 1.00 bits per heavy atom. The molecule has 0 nitrogen and oxygen atoms in total. The van der Waals surface area contributed by atoms with E-state index >= 15 is 0 Å². The predicted molar refractivity (Wildman–Crippen MR) is 209 cm³/mol. The molecule has 5 atom stereocenters. The van der Waals surface area contributed by atoms with Crippen molar-refractivity contribution in [3.8, 4) is 0 Å². The quantitative estimate of drug-likeness (QED) is 0.253. The second-order valence-corrected chi connectivity index (χ2v) is 19.2. The van der Waals surface area contributed by atoms with Crippen molar-refractivity contribution in [2.24, 2.45) is 64.6 Å². The van der Waals surface area contributed by atoms with Gasteiger partial charge in [0.25, 0.3) is 0 Å². The van der Waals surface area contributed by atoms with Crippen LogP contribution in [0.5, 0.6) is 0 Å². The van der Waals surface area contributed by atoms with E-state index in [2.05, 4.69) is 76.2 Å². The molecule has 1 radical (unpaired) electrons. The molecule has 0 saturated heterocycles. The Morgan fingerprint density at radius 1 is 0.574 bits per heavy atom. The molecule has 0 N–H and O–H groups in total. The van der Waals surface area contributed by atoms with E-state index in [9.17, 15) is 0 Å². The first-order chi connectivity index (χ1) is 21.9. The van der Waals surface area contributed by atoms with Crippen molar-refractivity contribution in [2.45, 2.75) is 224 Å². The molecule has 6 aliphatic rings. The fourth-order valence-electron chi connectivity index (χ4n) is 10.6. The maximum absolute atomic E-state index is 2.44. The molecule has 2 bridgehead atoms. The van der Waals surface area contributed by atoms with Crippen molar-refractivity contribution in [2.75, 3.05) is 0 Å². The van der Waals surface area contributed by atoms with Gasteiger partial charge in [-0.15, -0.1) is 0 Å². The van der Waals surface area contributed by atoms with E-state index in [1.807, 2.05) is 0 Å². The summed E-state index contributed by atoms with van der Waals surface area (Å²) in [6.45, 7) is 25.7. The average molecular weight is 731 g/mol. The summed E-state index contributed by atoms with van der Waals surface area (Å²) in [5.74, 6) is 12.3. The number of rotatable bonds is 4. The van der Waals surface area contributed by atoms with Crippen LogP contribution in [-0.4, -0.2) is 0 Å².